The van der Waals surface area contributed by atoms with Crippen LogP contribution in [-0.4, -0.2) is 26.4 Å². The van der Waals surface area contributed by atoms with Crippen LogP contribution in [0, 0.1) is 13.8 Å². The van der Waals surface area contributed by atoms with Crippen molar-refractivity contribution >= 4 is 35.0 Å². The molecule has 158 valence electrons. The molecule has 1 amide bonds. The van der Waals surface area contributed by atoms with E-state index in [0.29, 0.717) is 28.3 Å². The molecule has 0 unspecified atom stereocenters. The smallest absolute Gasteiger partial charge is 0.234 e. The number of carbonyl (C=O) groups is 1. The maximum atomic E-state index is 12.5. The van der Waals surface area contributed by atoms with E-state index in [4.69, 9.17) is 16.3 Å². The number of nitrogens with zero attached hydrogens (tertiary/aromatic N) is 3. The fourth-order valence-corrected chi connectivity index (χ4v) is 4.10. The zero-order valence-corrected chi connectivity index (χ0v) is 19.0. The molecule has 1 atom stereocenters. The van der Waals surface area contributed by atoms with Crippen LogP contribution in [0.15, 0.2) is 47.6 Å². The summed E-state index contributed by atoms with van der Waals surface area (Å²) in [6.07, 6.45) is -0.338. The first-order valence-corrected chi connectivity index (χ1v) is 11.1. The average molecular weight is 445 g/mol. The molecule has 0 saturated carbocycles. The van der Waals surface area contributed by atoms with Gasteiger partial charge in [-0.3, -0.25) is 4.79 Å². The minimum absolute atomic E-state index is 0.0787. The first kappa shape index (κ1) is 22.2. The number of nitrogens with one attached hydrogen (secondary N) is 1. The summed E-state index contributed by atoms with van der Waals surface area (Å²) in [6.45, 7) is 8.54. The van der Waals surface area contributed by atoms with Gasteiger partial charge >= 0.3 is 0 Å². The standard InChI is InChI=1S/C22H25ClN4O2S/c1-5-27-21(16(4)29-18-12-7-6-11-17(18)23)25-26-22(27)30-13-19(28)24-20-14(2)9-8-10-15(20)3/h6-12,16H,5,13H2,1-4H3,(H,24,28)/t16-/m0/s1. The summed E-state index contributed by atoms with van der Waals surface area (Å²) in [5.41, 5.74) is 2.94. The lowest BCUT2D eigenvalue weighted by molar-refractivity contribution is -0.113. The maximum Gasteiger partial charge on any atom is 0.234 e. The van der Waals surface area contributed by atoms with Gasteiger partial charge in [0.15, 0.2) is 17.1 Å². The first-order chi connectivity index (χ1) is 14.4. The van der Waals surface area contributed by atoms with Crippen LogP contribution < -0.4 is 10.1 Å². The van der Waals surface area contributed by atoms with E-state index in [2.05, 4.69) is 15.5 Å². The molecule has 30 heavy (non-hydrogen) atoms. The summed E-state index contributed by atoms with van der Waals surface area (Å²) < 4.78 is 7.93. The number of hydrogen-bond acceptors (Lipinski definition) is 5. The summed E-state index contributed by atoms with van der Waals surface area (Å²) in [6, 6.07) is 13.3. The number of amides is 1. The predicted octanol–water partition coefficient (Wildman–Crippen LogP) is 5.44. The minimum Gasteiger partial charge on any atom is -0.481 e. The van der Waals surface area contributed by atoms with Crippen molar-refractivity contribution in [3.05, 3.63) is 64.4 Å². The van der Waals surface area contributed by atoms with E-state index in [-0.39, 0.29) is 17.8 Å². The number of halogens is 1. The zero-order valence-electron chi connectivity index (χ0n) is 17.5. The summed E-state index contributed by atoms with van der Waals surface area (Å²) in [4.78, 5) is 12.5. The van der Waals surface area contributed by atoms with Crippen molar-refractivity contribution in [2.45, 2.75) is 45.5 Å². The number of rotatable bonds is 8. The monoisotopic (exact) mass is 444 g/mol. The third kappa shape index (κ3) is 5.15. The Hall–Kier alpha value is -2.51. The molecule has 3 rings (SSSR count). The Labute approximate surface area is 186 Å². The molecule has 2 aromatic carbocycles. The Balaban J connectivity index is 1.67. The van der Waals surface area contributed by atoms with E-state index in [1.807, 2.05) is 68.7 Å². The molecule has 0 aliphatic heterocycles. The van der Waals surface area contributed by atoms with Crippen molar-refractivity contribution in [1.29, 1.82) is 0 Å². The molecule has 0 aliphatic rings. The van der Waals surface area contributed by atoms with Gasteiger partial charge in [-0.1, -0.05) is 53.7 Å². The fraction of sp³-hybridized carbons (Fsp3) is 0.318. The van der Waals surface area contributed by atoms with Crippen LogP contribution in [0.3, 0.4) is 0 Å². The zero-order chi connectivity index (χ0) is 21.7. The van der Waals surface area contributed by atoms with Crippen LogP contribution in [0.1, 0.15) is 36.9 Å². The van der Waals surface area contributed by atoms with Gasteiger partial charge in [-0.25, -0.2) is 0 Å². The van der Waals surface area contributed by atoms with Gasteiger partial charge in [0, 0.05) is 12.2 Å². The summed E-state index contributed by atoms with van der Waals surface area (Å²) >= 11 is 7.55. The quantitative estimate of drug-likeness (QED) is 0.468. The van der Waals surface area contributed by atoms with Gasteiger partial charge in [-0.15, -0.1) is 10.2 Å². The van der Waals surface area contributed by atoms with Gasteiger partial charge in [-0.05, 0) is 51.0 Å². The predicted molar refractivity (Wildman–Crippen MR) is 121 cm³/mol. The largest absolute Gasteiger partial charge is 0.481 e. The summed E-state index contributed by atoms with van der Waals surface area (Å²) in [5.74, 6) is 1.45. The number of anilines is 1. The van der Waals surface area contributed by atoms with Gasteiger partial charge in [-0.2, -0.15) is 0 Å². The molecular weight excluding hydrogens is 420 g/mol. The highest BCUT2D eigenvalue weighted by molar-refractivity contribution is 7.99. The Kier molecular flexibility index (Phi) is 7.39. The van der Waals surface area contributed by atoms with Crippen LogP contribution in [0.25, 0.3) is 0 Å². The van der Waals surface area contributed by atoms with Crippen molar-refractivity contribution in [3.8, 4) is 5.75 Å². The van der Waals surface area contributed by atoms with E-state index >= 15 is 0 Å². The van der Waals surface area contributed by atoms with Gasteiger partial charge in [0.05, 0.1) is 10.8 Å². The second-order valence-electron chi connectivity index (χ2n) is 6.88. The lowest BCUT2D eigenvalue weighted by atomic mass is 10.1. The fourth-order valence-electron chi connectivity index (χ4n) is 3.11. The highest BCUT2D eigenvalue weighted by atomic mass is 35.5. The summed E-state index contributed by atoms with van der Waals surface area (Å²) in [7, 11) is 0. The molecule has 3 aromatic rings. The van der Waals surface area contributed by atoms with E-state index in [1.165, 1.54) is 11.8 Å². The number of thioether (sulfide) groups is 1. The maximum absolute atomic E-state index is 12.5. The van der Waals surface area contributed by atoms with Gasteiger partial charge in [0.1, 0.15) is 5.75 Å². The topological polar surface area (TPSA) is 69.0 Å². The molecule has 1 aromatic heterocycles. The SMILES string of the molecule is CCn1c(SCC(=O)Nc2c(C)cccc2C)nnc1[C@H](C)Oc1ccccc1Cl. The molecule has 0 aliphatic carbocycles. The lowest BCUT2D eigenvalue weighted by Crippen LogP contribution is -2.16. The molecule has 0 spiro atoms. The summed E-state index contributed by atoms with van der Waals surface area (Å²) in [5, 5.41) is 12.8. The molecule has 0 bridgehead atoms. The third-order valence-corrected chi connectivity index (χ3v) is 5.92. The number of aromatic nitrogens is 3. The Morgan fingerprint density at radius 3 is 2.53 bits per heavy atom. The number of aryl methyl sites for hydroxylation is 2. The molecule has 6 nitrogen and oxygen atoms in total. The van der Waals surface area contributed by atoms with Crippen molar-refractivity contribution in [3.63, 3.8) is 0 Å². The molecule has 1 N–H and O–H groups in total. The van der Waals surface area contributed by atoms with Crippen molar-refractivity contribution < 1.29 is 9.53 Å². The van der Waals surface area contributed by atoms with Gasteiger partial charge in [0.25, 0.3) is 0 Å². The average Bonchev–Trinajstić information content (AvgIpc) is 3.14. The lowest BCUT2D eigenvalue weighted by Gasteiger charge is -2.16. The van der Waals surface area contributed by atoms with E-state index in [9.17, 15) is 4.79 Å². The molecular formula is C22H25ClN4O2S. The molecule has 8 heteroatoms. The number of hydrogen-bond donors (Lipinski definition) is 1. The van der Waals surface area contributed by atoms with Crippen molar-refractivity contribution in [2.24, 2.45) is 0 Å². The second-order valence-corrected chi connectivity index (χ2v) is 8.23. The molecule has 0 fully saturated rings. The van der Waals surface area contributed by atoms with Crippen LogP contribution in [0.5, 0.6) is 5.75 Å². The highest BCUT2D eigenvalue weighted by Crippen LogP contribution is 2.29. The molecule has 1 heterocycles. The van der Waals surface area contributed by atoms with Gasteiger partial charge < -0.3 is 14.6 Å². The van der Waals surface area contributed by atoms with Crippen LogP contribution in [0.2, 0.25) is 5.02 Å². The normalized spacial score (nSPS) is 11.9. The highest BCUT2D eigenvalue weighted by Gasteiger charge is 2.20. The molecule has 0 saturated heterocycles. The van der Waals surface area contributed by atoms with Crippen molar-refractivity contribution in [2.75, 3.05) is 11.1 Å². The number of para-hydroxylation sites is 2. The van der Waals surface area contributed by atoms with E-state index in [0.717, 1.165) is 16.8 Å². The third-order valence-electron chi connectivity index (χ3n) is 4.64. The second kappa shape index (κ2) is 10.00. The Morgan fingerprint density at radius 2 is 1.87 bits per heavy atom. The van der Waals surface area contributed by atoms with Crippen molar-refractivity contribution in [1.82, 2.24) is 14.8 Å². The van der Waals surface area contributed by atoms with Crippen LogP contribution in [-0.2, 0) is 11.3 Å². The van der Waals surface area contributed by atoms with E-state index in [1.54, 1.807) is 6.07 Å². The van der Waals surface area contributed by atoms with Crippen LogP contribution >= 0.6 is 23.4 Å². The van der Waals surface area contributed by atoms with E-state index < -0.39 is 0 Å². The minimum atomic E-state index is -0.338. The molecule has 0 radical (unpaired) electrons. The number of ether oxygens (including phenoxy) is 1. The van der Waals surface area contributed by atoms with Crippen LogP contribution in [0.4, 0.5) is 5.69 Å². The Bertz CT molecular complexity index is 1020. The van der Waals surface area contributed by atoms with Gasteiger partial charge in [0.2, 0.25) is 5.91 Å². The Morgan fingerprint density at radius 1 is 1.17 bits per heavy atom. The number of carbonyl (C=O) groups excluding carboxylic acids is 1. The number of benzene rings is 2. The first-order valence-electron chi connectivity index (χ1n) is 9.73.